The molecule has 2 aromatic heterocycles. The second-order valence-electron chi connectivity index (χ2n) is 6.43. The molecular weight excluding hydrogens is 394 g/mol. The van der Waals surface area contributed by atoms with Crippen LogP contribution in [-0.4, -0.2) is 31.8 Å². The number of anilines is 1. The number of hydrogen-bond acceptors (Lipinski definition) is 5. The molecule has 1 amide bonds. The van der Waals surface area contributed by atoms with Gasteiger partial charge in [0.15, 0.2) is 11.6 Å². The van der Waals surface area contributed by atoms with Gasteiger partial charge in [-0.25, -0.2) is 19.0 Å². The van der Waals surface area contributed by atoms with Gasteiger partial charge in [-0.1, -0.05) is 11.6 Å². The fourth-order valence-corrected chi connectivity index (χ4v) is 2.72. The average molecular weight is 409 g/mol. The Hall–Kier alpha value is -3.37. The number of rotatable bonds is 4. The number of aromatic nitrogens is 4. The standard InChI is InChI=1S/C18H15F4N5O2/c1-9-3-4-11-12(5-9)15(10(2)18(20,21)22)26-27(17(11)29)7-14(28)25-16-13(19)6-23-8-24-16/h3-6,8,10H,7H2,1-2H3,(H,23,24,25,28)/t10-/m0/s1. The van der Waals surface area contributed by atoms with Gasteiger partial charge in [0.2, 0.25) is 5.91 Å². The van der Waals surface area contributed by atoms with Gasteiger partial charge in [-0.15, -0.1) is 0 Å². The minimum atomic E-state index is -4.60. The molecule has 0 bridgehead atoms. The highest BCUT2D eigenvalue weighted by atomic mass is 19.4. The largest absolute Gasteiger partial charge is 0.397 e. The topological polar surface area (TPSA) is 89.8 Å². The number of carbonyl (C=O) groups is 1. The Morgan fingerprint density at radius 2 is 2.00 bits per heavy atom. The highest BCUT2D eigenvalue weighted by Gasteiger charge is 2.39. The Balaban J connectivity index is 2.05. The Kier molecular flexibility index (Phi) is 5.31. The molecule has 3 rings (SSSR count). The van der Waals surface area contributed by atoms with Crippen LogP contribution in [0.15, 0.2) is 35.5 Å². The van der Waals surface area contributed by atoms with E-state index < -0.39 is 41.7 Å². The van der Waals surface area contributed by atoms with Crippen LogP contribution in [0.1, 0.15) is 24.1 Å². The second-order valence-corrected chi connectivity index (χ2v) is 6.43. The summed E-state index contributed by atoms with van der Waals surface area (Å²) in [6.45, 7) is 1.88. The van der Waals surface area contributed by atoms with Crippen molar-refractivity contribution in [1.29, 1.82) is 0 Å². The number of fused-ring (bicyclic) bond motifs is 1. The molecule has 0 aliphatic heterocycles. The van der Waals surface area contributed by atoms with Crippen LogP contribution >= 0.6 is 0 Å². The number of amides is 1. The van der Waals surface area contributed by atoms with E-state index in [-0.39, 0.29) is 16.5 Å². The van der Waals surface area contributed by atoms with E-state index in [1.807, 2.05) is 0 Å². The van der Waals surface area contributed by atoms with E-state index in [1.54, 1.807) is 13.0 Å². The van der Waals surface area contributed by atoms with Crippen LogP contribution in [-0.2, 0) is 11.3 Å². The van der Waals surface area contributed by atoms with E-state index in [0.717, 1.165) is 19.4 Å². The lowest BCUT2D eigenvalue weighted by atomic mass is 9.99. The zero-order chi connectivity index (χ0) is 21.3. The molecule has 29 heavy (non-hydrogen) atoms. The van der Waals surface area contributed by atoms with Gasteiger partial charge in [0.1, 0.15) is 12.9 Å². The summed E-state index contributed by atoms with van der Waals surface area (Å²) in [5.74, 6) is -4.17. The van der Waals surface area contributed by atoms with Crippen molar-refractivity contribution in [3.63, 3.8) is 0 Å². The van der Waals surface area contributed by atoms with Crippen LogP contribution in [0.25, 0.3) is 10.8 Å². The number of alkyl halides is 3. The summed E-state index contributed by atoms with van der Waals surface area (Å²) in [7, 11) is 0. The molecule has 0 radical (unpaired) electrons. The van der Waals surface area contributed by atoms with Gasteiger partial charge in [-0.05, 0) is 26.0 Å². The molecule has 0 saturated heterocycles. The van der Waals surface area contributed by atoms with Crippen LogP contribution in [0, 0.1) is 12.7 Å². The van der Waals surface area contributed by atoms with Crippen LogP contribution in [0.2, 0.25) is 0 Å². The van der Waals surface area contributed by atoms with E-state index in [0.29, 0.717) is 10.2 Å². The molecule has 1 aromatic carbocycles. The summed E-state index contributed by atoms with van der Waals surface area (Å²) >= 11 is 0. The summed E-state index contributed by atoms with van der Waals surface area (Å²) < 4.78 is 54.2. The number of nitrogens with zero attached hydrogens (tertiary/aromatic N) is 4. The average Bonchev–Trinajstić information content (AvgIpc) is 2.64. The maximum Gasteiger partial charge on any atom is 0.397 e. The first-order chi connectivity index (χ1) is 13.6. The van der Waals surface area contributed by atoms with Gasteiger partial charge in [0.05, 0.1) is 23.2 Å². The van der Waals surface area contributed by atoms with E-state index in [1.165, 1.54) is 12.1 Å². The molecule has 11 heteroatoms. The van der Waals surface area contributed by atoms with Crippen LogP contribution < -0.4 is 10.9 Å². The molecule has 0 aliphatic rings. The zero-order valence-corrected chi connectivity index (χ0v) is 15.3. The van der Waals surface area contributed by atoms with Crippen molar-refractivity contribution < 1.29 is 22.4 Å². The molecule has 152 valence electrons. The van der Waals surface area contributed by atoms with Crippen molar-refractivity contribution in [2.45, 2.75) is 32.5 Å². The summed E-state index contributed by atoms with van der Waals surface area (Å²) in [6.07, 6.45) is -2.77. The number of halogens is 4. The lowest BCUT2D eigenvalue weighted by molar-refractivity contribution is -0.147. The quantitative estimate of drug-likeness (QED) is 0.670. The van der Waals surface area contributed by atoms with E-state index in [2.05, 4.69) is 20.4 Å². The molecular formula is C18H15F4N5O2. The van der Waals surface area contributed by atoms with E-state index >= 15 is 0 Å². The second kappa shape index (κ2) is 7.57. The fraction of sp³-hybridized carbons (Fsp3) is 0.278. The SMILES string of the molecule is Cc1ccc2c(=O)n(CC(=O)Nc3ncncc3F)nc([C@H](C)C(F)(F)F)c2c1. The number of carbonyl (C=O) groups excluding carboxylic acids is 1. The predicted octanol–water partition coefficient (Wildman–Crippen LogP) is 2.94. The highest BCUT2D eigenvalue weighted by molar-refractivity contribution is 5.90. The first kappa shape index (κ1) is 20.4. The summed E-state index contributed by atoms with van der Waals surface area (Å²) in [5, 5.41) is 6.01. The van der Waals surface area contributed by atoms with Gasteiger partial charge in [0.25, 0.3) is 5.56 Å². The lowest BCUT2D eigenvalue weighted by Gasteiger charge is -2.18. The minimum absolute atomic E-state index is 0.00211. The molecule has 0 fully saturated rings. The van der Waals surface area contributed by atoms with Crippen molar-refractivity contribution in [2.24, 2.45) is 0 Å². The zero-order valence-electron chi connectivity index (χ0n) is 15.3. The minimum Gasteiger partial charge on any atom is -0.307 e. The molecule has 0 saturated carbocycles. The lowest BCUT2D eigenvalue weighted by Crippen LogP contribution is -2.32. The third-order valence-electron chi connectivity index (χ3n) is 4.26. The fourth-order valence-electron chi connectivity index (χ4n) is 2.72. The number of benzene rings is 1. The normalized spacial score (nSPS) is 12.8. The number of nitrogens with one attached hydrogen (secondary N) is 1. The Labute approximate surface area is 161 Å². The van der Waals surface area contributed by atoms with E-state index in [4.69, 9.17) is 0 Å². The molecule has 1 atom stereocenters. The van der Waals surface area contributed by atoms with Gasteiger partial charge in [0, 0.05) is 5.39 Å². The first-order valence-electron chi connectivity index (χ1n) is 8.41. The molecule has 1 N–H and O–H groups in total. The molecule has 0 aliphatic carbocycles. The first-order valence-corrected chi connectivity index (χ1v) is 8.41. The predicted molar refractivity (Wildman–Crippen MR) is 95.8 cm³/mol. The van der Waals surface area contributed by atoms with Crippen molar-refractivity contribution in [2.75, 3.05) is 5.32 Å². The number of aryl methyl sites for hydroxylation is 1. The van der Waals surface area contributed by atoms with Crippen molar-refractivity contribution in [1.82, 2.24) is 19.7 Å². The third-order valence-corrected chi connectivity index (χ3v) is 4.26. The van der Waals surface area contributed by atoms with Gasteiger partial charge in [-0.3, -0.25) is 9.59 Å². The van der Waals surface area contributed by atoms with Crippen molar-refractivity contribution >= 4 is 22.5 Å². The maximum absolute atomic E-state index is 13.6. The molecule has 2 heterocycles. The summed E-state index contributed by atoms with van der Waals surface area (Å²) in [5.41, 5.74) is -0.461. The van der Waals surface area contributed by atoms with E-state index in [9.17, 15) is 27.2 Å². The smallest absolute Gasteiger partial charge is 0.307 e. The molecule has 0 spiro atoms. The highest BCUT2D eigenvalue weighted by Crippen LogP contribution is 2.35. The molecule has 3 aromatic rings. The molecule has 0 unspecified atom stereocenters. The van der Waals surface area contributed by atoms with Gasteiger partial charge >= 0.3 is 6.18 Å². The van der Waals surface area contributed by atoms with Gasteiger partial charge in [-0.2, -0.15) is 18.3 Å². The monoisotopic (exact) mass is 409 g/mol. The van der Waals surface area contributed by atoms with Crippen molar-refractivity contribution in [3.05, 3.63) is 58.2 Å². The summed E-state index contributed by atoms with van der Waals surface area (Å²) in [6, 6.07) is 4.41. The third kappa shape index (κ3) is 4.23. The molecule has 7 nitrogen and oxygen atoms in total. The maximum atomic E-state index is 13.6. The summed E-state index contributed by atoms with van der Waals surface area (Å²) in [4.78, 5) is 31.8. The Bertz CT molecular complexity index is 1140. The van der Waals surface area contributed by atoms with Crippen LogP contribution in [0.4, 0.5) is 23.4 Å². The number of hydrogen-bond donors (Lipinski definition) is 1. The Morgan fingerprint density at radius 1 is 1.28 bits per heavy atom. The Morgan fingerprint density at radius 3 is 2.66 bits per heavy atom. The van der Waals surface area contributed by atoms with Crippen LogP contribution in [0.5, 0.6) is 0 Å². The van der Waals surface area contributed by atoms with Crippen LogP contribution in [0.3, 0.4) is 0 Å². The van der Waals surface area contributed by atoms with Crippen molar-refractivity contribution in [3.8, 4) is 0 Å². The van der Waals surface area contributed by atoms with Gasteiger partial charge < -0.3 is 5.32 Å².